The predicted octanol–water partition coefficient (Wildman–Crippen LogP) is 3.92. The molecule has 3 aromatic rings. The lowest BCUT2D eigenvalue weighted by Crippen LogP contribution is -2.26. The Balaban J connectivity index is 1.32. The Morgan fingerprint density at radius 3 is 2.69 bits per heavy atom. The zero-order valence-electron chi connectivity index (χ0n) is 16.5. The van der Waals surface area contributed by atoms with Crippen LogP contribution < -0.4 is 10.1 Å². The van der Waals surface area contributed by atoms with Gasteiger partial charge in [0.2, 0.25) is 0 Å². The first kappa shape index (κ1) is 19.2. The maximum absolute atomic E-state index is 12.6. The largest absolute Gasteiger partial charge is 0.491 e. The topological polar surface area (TPSA) is 65.4 Å². The molecule has 1 saturated heterocycles. The Labute approximate surface area is 170 Å². The quantitative estimate of drug-likeness (QED) is 0.663. The van der Waals surface area contributed by atoms with Crippen molar-refractivity contribution < 1.29 is 14.3 Å². The van der Waals surface area contributed by atoms with E-state index in [1.165, 1.54) is 0 Å². The highest BCUT2D eigenvalue weighted by molar-refractivity contribution is 5.94. The number of nitrogens with one attached hydrogen (secondary N) is 1. The van der Waals surface area contributed by atoms with Crippen molar-refractivity contribution in [2.24, 2.45) is 0 Å². The van der Waals surface area contributed by atoms with E-state index in [2.05, 4.69) is 10.3 Å². The van der Waals surface area contributed by atoms with Crippen LogP contribution in [0, 0.1) is 0 Å². The molecule has 0 saturated carbocycles. The second-order valence-corrected chi connectivity index (χ2v) is 7.23. The second kappa shape index (κ2) is 8.92. The average molecular weight is 391 g/mol. The van der Waals surface area contributed by atoms with Crippen molar-refractivity contribution in [2.45, 2.75) is 31.9 Å². The summed E-state index contributed by atoms with van der Waals surface area (Å²) in [5.41, 5.74) is 2.68. The number of aromatic nitrogens is 2. The molecule has 1 aliphatic rings. The third-order valence-corrected chi connectivity index (χ3v) is 5.12. The van der Waals surface area contributed by atoms with Gasteiger partial charge in [0.1, 0.15) is 12.4 Å². The number of benzene rings is 2. The van der Waals surface area contributed by atoms with Gasteiger partial charge in [-0.1, -0.05) is 12.1 Å². The van der Waals surface area contributed by atoms with Gasteiger partial charge in [0.05, 0.1) is 18.5 Å². The zero-order valence-corrected chi connectivity index (χ0v) is 16.5. The Morgan fingerprint density at radius 1 is 1.24 bits per heavy atom. The summed E-state index contributed by atoms with van der Waals surface area (Å²) in [6.45, 7) is 3.35. The molecule has 1 aliphatic heterocycles. The summed E-state index contributed by atoms with van der Waals surface area (Å²) in [5.74, 6) is 0.641. The lowest BCUT2D eigenvalue weighted by molar-refractivity contribution is 0.0679. The van der Waals surface area contributed by atoms with Crippen LogP contribution in [-0.4, -0.2) is 34.8 Å². The fourth-order valence-corrected chi connectivity index (χ4v) is 3.38. The minimum Gasteiger partial charge on any atom is -0.491 e. The highest BCUT2D eigenvalue weighted by atomic mass is 16.5. The van der Waals surface area contributed by atoms with Crippen molar-refractivity contribution in [3.05, 3.63) is 78.4 Å². The number of hydrogen-bond donors (Lipinski definition) is 1. The summed E-state index contributed by atoms with van der Waals surface area (Å²) in [7, 11) is 0. The van der Waals surface area contributed by atoms with E-state index in [1.807, 2.05) is 54.1 Å². The van der Waals surface area contributed by atoms with E-state index in [4.69, 9.17) is 9.47 Å². The first-order chi connectivity index (χ1) is 14.2. The van der Waals surface area contributed by atoms with Crippen LogP contribution in [0.1, 0.15) is 41.7 Å². The number of carbonyl (C=O) groups is 1. The van der Waals surface area contributed by atoms with Gasteiger partial charge in [-0.05, 0) is 61.7 Å². The highest BCUT2D eigenvalue weighted by Crippen LogP contribution is 2.19. The summed E-state index contributed by atoms with van der Waals surface area (Å²) < 4.78 is 13.3. The van der Waals surface area contributed by atoms with Crippen LogP contribution in [0.5, 0.6) is 5.75 Å². The smallest absolute Gasteiger partial charge is 0.251 e. The Morgan fingerprint density at radius 2 is 2.03 bits per heavy atom. The molecule has 6 heteroatoms. The zero-order chi connectivity index (χ0) is 20.1. The molecular formula is C23H25N3O3. The molecule has 1 fully saturated rings. The molecule has 29 heavy (non-hydrogen) atoms. The molecule has 1 amide bonds. The maximum atomic E-state index is 12.6. The van der Waals surface area contributed by atoms with Crippen LogP contribution >= 0.6 is 0 Å². The van der Waals surface area contributed by atoms with Gasteiger partial charge in [0.15, 0.2) is 0 Å². The summed E-state index contributed by atoms with van der Waals surface area (Å²) >= 11 is 0. The van der Waals surface area contributed by atoms with Gasteiger partial charge in [-0.25, -0.2) is 4.98 Å². The van der Waals surface area contributed by atoms with Crippen LogP contribution in [0.2, 0.25) is 0 Å². The molecule has 2 atom stereocenters. The van der Waals surface area contributed by atoms with Crippen LogP contribution in [0.4, 0.5) is 0 Å². The highest BCUT2D eigenvalue weighted by Gasteiger charge is 2.16. The minimum absolute atomic E-state index is 0.102. The van der Waals surface area contributed by atoms with Gasteiger partial charge in [0, 0.05) is 30.3 Å². The van der Waals surface area contributed by atoms with Crippen LogP contribution in [0.25, 0.3) is 5.69 Å². The molecule has 6 nitrogen and oxygen atoms in total. The van der Waals surface area contributed by atoms with Gasteiger partial charge in [-0.3, -0.25) is 4.79 Å². The third-order valence-electron chi connectivity index (χ3n) is 5.12. The van der Waals surface area contributed by atoms with Crippen molar-refractivity contribution in [3.8, 4) is 11.4 Å². The van der Waals surface area contributed by atoms with Gasteiger partial charge < -0.3 is 19.4 Å². The Hall–Kier alpha value is -3.12. The average Bonchev–Trinajstić information content (AvgIpc) is 3.47. The van der Waals surface area contributed by atoms with E-state index in [1.54, 1.807) is 24.7 Å². The van der Waals surface area contributed by atoms with Gasteiger partial charge in [-0.2, -0.15) is 0 Å². The van der Waals surface area contributed by atoms with Gasteiger partial charge in [-0.15, -0.1) is 0 Å². The molecule has 0 bridgehead atoms. The molecule has 1 aromatic heterocycles. The monoisotopic (exact) mass is 391 g/mol. The van der Waals surface area contributed by atoms with Crippen molar-refractivity contribution in [3.63, 3.8) is 0 Å². The lowest BCUT2D eigenvalue weighted by atomic mass is 10.1. The first-order valence-corrected chi connectivity index (χ1v) is 9.92. The standard InChI is InChI=1S/C23H25N3O3/c1-17(18-4-8-20(9-5-18)26-13-12-24-16-26)25-23(27)19-6-10-21(11-7-19)29-15-22-3-2-14-28-22/h4-13,16-17,22H,2-3,14-15H2,1H3,(H,25,27). The fourth-order valence-electron chi connectivity index (χ4n) is 3.38. The number of imidazole rings is 1. The summed E-state index contributed by atoms with van der Waals surface area (Å²) in [6, 6.07) is 15.2. The SMILES string of the molecule is CC(NC(=O)c1ccc(OCC2CCCO2)cc1)c1ccc(-n2ccnc2)cc1. The normalized spacial score (nSPS) is 17.1. The lowest BCUT2D eigenvalue weighted by Gasteiger charge is -2.15. The number of hydrogen-bond acceptors (Lipinski definition) is 4. The van der Waals surface area contributed by atoms with Crippen LogP contribution in [-0.2, 0) is 4.74 Å². The summed E-state index contributed by atoms with van der Waals surface area (Å²) in [6.07, 6.45) is 7.72. The minimum atomic E-state index is -0.109. The van der Waals surface area contributed by atoms with E-state index in [0.29, 0.717) is 12.2 Å². The van der Waals surface area contributed by atoms with Gasteiger partial charge >= 0.3 is 0 Å². The molecule has 0 aliphatic carbocycles. The number of rotatable bonds is 7. The molecule has 4 rings (SSSR count). The third kappa shape index (κ3) is 4.84. The first-order valence-electron chi connectivity index (χ1n) is 9.92. The molecule has 2 heterocycles. The number of ether oxygens (including phenoxy) is 2. The van der Waals surface area contributed by atoms with E-state index in [-0.39, 0.29) is 18.1 Å². The van der Waals surface area contributed by atoms with E-state index in [0.717, 1.165) is 36.4 Å². The summed E-state index contributed by atoms with van der Waals surface area (Å²) in [5, 5.41) is 3.04. The number of carbonyl (C=O) groups excluding carboxylic acids is 1. The molecule has 2 aromatic carbocycles. The predicted molar refractivity (Wildman–Crippen MR) is 110 cm³/mol. The fraction of sp³-hybridized carbons (Fsp3) is 0.304. The molecule has 150 valence electrons. The second-order valence-electron chi connectivity index (χ2n) is 7.23. The molecule has 1 N–H and O–H groups in total. The van der Waals surface area contributed by atoms with Gasteiger partial charge in [0.25, 0.3) is 5.91 Å². The Kier molecular flexibility index (Phi) is 5.91. The number of amides is 1. The molecule has 0 radical (unpaired) electrons. The molecule has 0 spiro atoms. The molecular weight excluding hydrogens is 366 g/mol. The maximum Gasteiger partial charge on any atom is 0.251 e. The Bertz CT molecular complexity index is 915. The van der Waals surface area contributed by atoms with Crippen molar-refractivity contribution in [1.82, 2.24) is 14.9 Å². The van der Waals surface area contributed by atoms with Crippen molar-refractivity contribution >= 4 is 5.91 Å². The summed E-state index contributed by atoms with van der Waals surface area (Å²) in [4.78, 5) is 16.6. The van der Waals surface area contributed by atoms with E-state index < -0.39 is 0 Å². The van der Waals surface area contributed by atoms with E-state index >= 15 is 0 Å². The van der Waals surface area contributed by atoms with Crippen molar-refractivity contribution in [1.29, 1.82) is 0 Å². The van der Waals surface area contributed by atoms with Crippen molar-refractivity contribution in [2.75, 3.05) is 13.2 Å². The molecule has 2 unspecified atom stereocenters. The van der Waals surface area contributed by atoms with Crippen LogP contribution in [0.15, 0.2) is 67.3 Å². The number of nitrogens with zero attached hydrogens (tertiary/aromatic N) is 2. The van der Waals surface area contributed by atoms with E-state index in [9.17, 15) is 4.79 Å². The van der Waals surface area contributed by atoms with Crippen LogP contribution in [0.3, 0.4) is 0 Å².